The molecule has 3 rings (SSSR count). The second-order valence-electron chi connectivity index (χ2n) is 4.62. The van der Waals surface area contributed by atoms with Crippen molar-refractivity contribution in [3.63, 3.8) is 0 Å². The van der Waals surface area contributed by atoms with Gasteiger partial charge in [0.05, 0.1) is 5.52 Å². The summed E-state index contributed by atoms with van der Waals surface area (Å²) in [5, 5.41) is 1.05. The van der Waals surface area contributed by atoms with Crippen molar-refractivity contribution >= 4 is 39.3 Å². The van der Waals surface area contributed by atoms with Crippen LogP contribution in [-0.2, 0) is 6.42 Å². The van der Waals surface area contributed by atoms with E-state index in [2.05, 4.69) is 27.6 Å². The summed E-state index contributed by atoms with van der Waals surface area (Å²) < 4.78 is 1.17. The van der Waals surface area contributed by atoms with E-state index in [1.165, 1.54) is 3.57 Å². The molecule has 0 saturated carbocycles. The molecule has 0 aliphatic carbocycles. The molecule has 3 aromatic rings. The Morgan fingerprint density at radius 1 is 0.950 bits per heavy atom. The van der Waals surface area contributed by atoms with Crippen molar-refractivity contribution in [3.8, 4) is 0 Å². The first-order valence-electron chi connectivity index (χ1n) is 6.36. The summed E-state index contributed by atoms with van der Waals surface area (Å²) in [5.41, 5.74) is 2.41. The number of nitrogens with zero attached hydrogens (tertiary/aromatic N) is 1. The van der Waals surface area contributed by atoms with Crippen molar-refractivity contribution in [2.75, 3.05) is 0 Å². The zero-order valence-corrected chi connectivity index (χ0v) is 12.9. The van der Waals surface area contributed by atoms with Crippen molar-refractivity contribution in [3.05, 3.63) is 75.5 Å². The molecule has 0 bridgehead atoms. The Kier molecular flexibility index (Phi) is 3.78. The number of aromatic nitrogens is 1. The molecule has 0 N–H and O–H groups in total. The predicted octanol–water partition coefficient (Wildman–Crippen LogP) is 4.26. The quantitative estimate of drug-likeness (QED) is 0.507. The minimum absolute atomic E-state index is 0.0527. The Morgan fingerprint density at radius 3 is 2.50 bits per heavy atom. The monoisotopic (exact) mass is 373 g/mol. The first kappa shape index (κ1) is 13.2. The highest BCUT2D eigenvalue weighted by Crippen LogP contribution is 2.14. The van der Waals surface area contributed by atoms with Crippen LogP contribution in [0.5, 0.6) is 0 Å². The van der Waals surface area contributed by atoms with Crippen molar-refractivity contribution in [2.24, 2.45) is 0 Å². The molecule has 0 fully saturated rings. The summed E-state index contributed by atoms with van der Waals surface area (Å²) in [6.07, 6.45) is 0.391. The number of pyridine rings is 1. The van der Waals surface area contributed by atoms with E-state index in [1.807, 2.05) is 54.6 Å². The molecule has 0 amide bonds. The van der Waals surface area contributed by atoms with Crippen LogP contribution in [0.4, 0.5) is 0 Å². The third kappa shape index (κ3) is 2.88. The highest BCUT2D eigenvalue weighted by atomic mass is 127. The Bertz CT molecular complexity index is 765. The van der Waals surface area contributed by atoms with E-state index in [-0.39, 0.29) is 5.78 Å². The average molecular weight is 373 g/mol. The third-order valence-electron chi connectivity index (χ3n) is 3.16. The van der Waals surface area contributed by atoms with Gasteiger partial charge < -0.3 is 0 Å². The first-order chi connectivity index (χ1) is 9.72. The van der Waals surface area contributed by atoms with Gasteiger partial charge in [0.25, 0.3) is 0 Å². The number of fused-ring (bicyclic) bond motifs is 1. The van der Waals surface area contributed by atoms with Gasteiger partial charge in [-0.25, -0.2) is 4.98 Å². The maximum Gasteiger partial charge on any atom is 0.185 e. The number of hydrogen-bond acceptors (Lipinski definition) is 2. The Morgan fingerprint density at radius 2 is 1.70 bits per heavy atom. The standard InChI is InChI=1S/C17H12INO/c18-14-8-5-12(6-9-14)11-17(20)16-10-7-13-3-1-2-4-15(13)19-16/h1-10H,11H2. The summed E-state index contributed by atoms with van der Waals surface area (Å²) in [6.45, 7) is 0. The second-order valence-corrected chi connectivity index (χ2v) is 5.86. The number of ketones is 1. The number of carbonyl (C=O) groups excluding carboxylic acids is 1. The summed E-state index contributed by atoms with van der Waals surface area (Å²) >= 11 is 2.25. The molecule has 0 aliphatic heterocycles. The number of hydrogen-bond donors (Lipinski definition) is 0. The molecular weight excluding hydrogens is 361 g/mol. The molecule has 1 heterocycles. The van der Waals surface area contributed by atoms with Crippen molar-refractivity contribution < 1.29 is 4.79 Å². The molecular formula is C17H12INO. The average Bonchev–Trinajstić information content (AvgIpc) is 2.49. The summed E-state index contributed by atoms with van der Waals surface area (Å²) in [7, 11) is 0. The number of benzene rings is 2. The van der Waals surface area contributed by atoms with Gasteiger partial charge in [0.2, 0.25) is 0 Å². The Labute approximate surface area is 131 Å². The minimum atomic E-state index is 0.0527. The largest absolute Gasteiger partial charge is 0.292 e. The van der Waals surface area contributed by atoms with E-state index in [0.717, 1.165) is 16.5 Å². The zero-order valence-electron chi connectivity index (χ0n) is 10.7. The molecule has 0 saturated heterocycles. The van der Waals surface area contributed by atoms with Gasteiger partial charge in [-0.15, -0.1) is 0 Å². The lowest BCUT2D eigenvalue weighted by atomic mass is 10.1. The molecule has 0 atom stereocenters. The molecule has 0 unspecified atom stereocenters. The molecule has 0 aliphatic rings. The van der Waals surface area contributed by atoms with Crippen LogP contribution in [0.15, 0.2) is 60.7 Å². The third-order valence-corrected chi connectivity index (χ3v) is 3.88. The van der Waals surface area contributed by atoms with E-state index in [4.69, 9.17) is 0 Å². The van der Waals surface area contributed by atoms with Crippen LogP contribution in [0.3, 0.4) is 0 Å². The van der Waals surface area contributed by atoms with E-state index >= 15 is 0 Å². The fourth-order valence-corrected chi connectivity index (χ4v) is 2.46. The zero-order chi connectivity index (χ0) is 13.9. The van der Waals surface area contributed by atoms with Crippen LogP contribution >= 0.6 is 22.6 Å². The molecule has 3 heteroatoms. The Hall–Kier alpha value is -1.75. The molecule has 2 nitrogen and oxygen atoms in total. The van der Waals surface area contributed by atoms with Crippen molar-refractivity contribution in [1.82, 2.24) is 4.98 Å². The smallest absolute Gasteiger partial charge is 0.185 e. The van der Waals surface area contributed by atoms with Crippen LogP contribution < -0.4 is 0 Å². The van der Waals surface area contributed by atoms with Crippen LogP contribution in [0, 0.1) is 3.57 Å². The second kappa shape index (κ2) is 5.71. The topological polar surface area (TPSA) is 30.0 Å². The van der Waals surface area contributed by atoms with Gasteiger partial charge in [-0.1, -0.05) is 36.4 Å². The molecule has 0 spiro atoms. The molecule has 20 heavy (non-hydrogen) atoms. The number of carbonyl (C=O) groups is 1. The first-order valence-corrected chi connectivity index (χ1v) is 7.44. The van der Waals surface area contributed by atoms with Crippen molar-refractivity contribution in [1.29, 1.82) is 0 Å². The maximum atomic E-state index is 12.3. The Balaban J connectivity index is 1.86. The number of Topliss-reactive ketones (excluding diaryl/α,β-unsaturated/α-hetero) is 1. The lowest BCUT2D eigenvalue weighted by molar-refractivity contribution is 0.0988. The molecule has 1 aromatic heterocycles. The highest BCUT2D eigenvalue weighted by molar-refractivity contribution is 14.1. The normalized spacial score (nSPS) is 10.7. The predicted molar refractivity (Wildman–Crippen MR) is 88.9 cm³/mol. The molecule has 2 aromatic carbocycles. The van der Waals surface area contributed by atoms with E-state index in [1.54, 1.807) is 6.07 Å². The SMILES string of the molecule is O=C(Cc1ccc(I)cc1)c1ccc2ccccc2n1. The van der Waals surface area contributed by atoms with Gasteiger partial charge in [0.1, 0.15) is 5.69 Å². The summed E-state index contributed by atoms with van der Waals surface area (Å²) in [6, 6.07) is 19.6. The lowest BCUT2D eigenvalue weighted by Crippen LogP contribution is -2.06. The summed E-state index contributed by atoms with van der Waals surface area (Å²) in [5.74, 6) is 0.0527. The van der Waals surface area contributed by atoms with Crippen LogP contribution in [0.1, 0.15) is 16.1 Å². The van der Waals surface area contributed by atoms with Gasteiger partial charge in [0.15, 0.2) is 5.78 Å². The fraction of sp³-hybridized carbons (Fsp3) is 0.0588. The van der Waals surface area contributed by atoms with Gasteiger partial charge >= 0.3 is 0 Å². The van der Waals surface area contributed by atoms with E-state index in [0.29, 0.717) is 12.1 Å². The fourth-order valence-electron chi connectivity index (χ4n) is 2.10. The van der Waals surface area contributed by atoms with Crippen LogP contribution in [0.25, 0.3) is 10.9 Å². The van der Waals surface area contributed by atoms with Gasteiger partial charge in [-0.3, -0.25) is 4.79 Å². The number of halogens is 1. The van der Waals surface area contributed by atoms with Gasteiger partial charge in [0, 0.05) is 15.4 Å². The highest BCUT2D eigenvalue weighted by Gasteiger charge is 2.09. The van der Waals surface area contributed by atoms with Crippen LogP contribution in [0.2, 0.25) is 0 Å². The van der Waals surface area contributed by atoms with Gasteiger partial charge in [-0.2, -0.15) is 0 Å². The van der Waals surface area contributed by atoms with Crippen molar-refractivity contribution in [2.45, 2.75) is 6.42 Å². The van der Waals surface area contributed by atoms with Gasteiger partial charge in [-0.05, 0) is 52.4 Å². The van der Waals surface area contributed by atoms with Crippen LogP contribution in [-0.4, -0.2) is 10.8 Å². The number of para-hydroxylation sites is 1. The maximum absolute atomic E-state index is 12.3. The summed E-state index contributed by atoms with van der Waals surface area (Å²) in [4.78, 5) is 16.7. The van der Waals surface area contributed by atoms with E-state index < -0.39 is 0 Å². The minimum Gasteiger partial charge on any atom is -0.292 e. The van der Waals surface area contributed by atoms with E-state index in [9.17, 15) is 4.79 Å². The lowest BCUT2D eigenvalue weighted by Gasteiger charge is -2.03. The molecule has 0 radical (unpaired) electrons. The molecule has 98 valence electrons. The number of rotatable bonds is 3.